The zero-order valence-corrected chi connectivity index (χ0v) is 12.5. The fraction of sp³-hybridized carbons (Fsp3) is 0.368. The zero-order chi connectivity index (χ0) is 14.7. The second-order valence-electron chi connectivity index (χ2n) is 6.17. The summed E-state index contributed by atoms with van der Waals surface area (Å²) < 4.78 is 0. The monoisotopic (exact) mass is 276 g/mol. The predicted octanol–water partition coefficient (Wildman–Crippen LogP) is 3.98. The number of nitriles is 1. The first kappa shape index (κ1) is 13.8. The average Bonchev–Trinajstić information content (AvgIpc) is 2.55. The number of benzene rings is 1. The molecular formula is C19H20N2. The van der Waals surface area contributed by atoms with Crippen LogP contribution in [0, 0.1) is 11.3 Å². The molecule has 1 aromatic heterocycles. The summed E-state index contributed by atoms with van der Waals surface area (Å²) in [5.41, 5.74) is 4.65. The Morgan fingerprint density at radius 3 is 2.71 bits per heavy atom. The van der Waals surface area contributed by atoms with E-state index in [2.05, 4.69) is 29.3 Å². The smallest absolute Gasteiger partial charge is 0.0835 e. The molecule has 21 heavy (non-hydrogen) atoms. The van der Waals surface area contributed by atoms with Crippen molar-refractivity contribution in [2.75, 3.05) is 0 Å². The van der Waals surface area contributed by atoms with E-state index in [-0.39, 0.29) is 0 Å². The first-order chi connectivity index (χ1) is 10.2. The summed E-state index contributed by atoms with van der Waals surface area (Å²) in [4.78, 5) is 4.16. The van der Waals surface area contributed by atoms with Gasteiger partial charge in [-0.3, -0.25) is 4.98 Å². The van der Waals surface area contributed by atoms with Crippen LogP contribution in [0.5, 0.6) is 0 Å². The third-order valence-electron chi connectivity index (χ3n) is 4.51. The lowest BCUT2D eigenvalue weighted by Crippen LogP contribution is -2.23. The van der Waals surface area contributed by atoms with Crippen LogP contribution in [0.2, 0.25) is 0 Å². The molecule has 0 saturated heterocycles. The highest BCUT2D eigenvalue weighted by molar-refractivity contribution is 5.41. The van der Waals surface area contributed by atoms with E-state index in [9.17, 15) is 5.26 Å². The maximum Gasteiger partial charge on any atom is 0.0835 e. The van der Waals surface area contributed by atoms with Gasteiger partial charge in [0.05, 0.1) is 11.5 Å². The normalized spacial score (nSPS) is 16.6. The number of hydrogen-bond donors (Lipinski definition) is 0. The van der Waals surface area contributed by atoms with E-state index in [1.54, 1.807) is 6.20 Å². The second-order valence-corrected chi connectivity index (χ2v) is 6.17. The van der Waals surface area contributed by atoms with Gasteiger partial charge in [0.15, 0.2) is 0 Å². The van der Waals surface area contributed by atoms with Crippen LogP contribution in [-0.4, -0.2) is 4.98 Å². The van der Waals surface area contributed by atoms with Gasteiger partial charge in [-0.05, 0) is 67.3 Å². The third-order valence-corrected chi connectivity index (χ3v) is 4.51. The van der Waals surface area contributed by atoms with Crippen molar-refractivity contribution >= 4 is 0 Å². The highest BCUT2D eigenvalue weighted by Gasteiger charge is 2.28. The third kappa shape index (κ3) is 2.83. The van der Waals surface area contributed by atoms with Gasteiger partial charge in [0.25, 0.3) is 0 Å². The van der Waals surface area contributed by atoms with E-state index < -0.39 is 5.41 Å². The molecule has 0 spiro atoms. The maximum atomic E-state index is 9.73. The molecular weight excluding hydrogens is 256 g/mol. The van der Waals surface area contributed by atoms with Crippen molar-refractivity contribution in [3.8, 4) is 6.07 Å². The van der Waals surface area contributed by atoms with Crippen LogP contribution in [0.25, 0.3) is 0 Å². The molecule has 2 heteroatoms. The van der Waals surface area contributed by atoms with E-state index in [4.69, 9.17) is 0 Å². The van der Waals surface area contributed by atoms with Gasteiger partial charge in [-0.2, -0.15) is 5.26 Å². The van der Waals surface area contributed by atoms with Gasteiger partial charge in [0, 0.05) is 12.4 Å². The summed E-state index contributed by atoms with van der Waals surface area (Å²) in [7, 11) is 0. The first-order valence-electron chi connectivity index (χ1n) is 7.64. The molecule has 1 unspecified atom stereocenters. The number of aromatic nitrogens is 1. The lowest BCUT2D eigenvalue weighted by molar-refractivity contribution is 0.600. The van der Waals surface area contributed by atoms with Crippen molar-refractivity contribution in [1.82, 2.24) is 4.98 Å². The van der Waals surface area contributed by atoms with Crippen molar-refractivity contribution in [1.29, 1.82) is 5.26 Å². The summed E-state index contributed by atoms with van der Waals surface area (Å²) in [5, 5.41) is 9.73. The van der Waals surface area contributed by atoms with Crippen LogP contribution < -0.4 is 0 Å². The average molecular weight is 276 g/mol. The fourth-order valence-corrected chi connectivity index (χ4v) is 3.19. The minimum atomic E-state index is -0.491. The Hall–Kier alpha value is -2.14. The van der Waals surface area contributed by atoms with E-state index in [1.807, 2.05) is 25.3 Å². The Morgan fingerprint density at radius 2 is 2.00 bits per heavy atom. The predicted molar refractivity (Wildman–Crippen MR) is 84.0 cm³/mol. The van der Waals surface area contributed by atoms with Crippen LogP contribution in [0.3, 0.4) is 0 Å². The minimum Gasteiger partial charge on any atom is -0.264 e. The molecule has 1 heterocycles. The maximum absolute atomic E-state index is 9.73. The van der Waals surface area contributed by atoms with Crippen molar-refractivity contribution in [3.63, 3.8) is 0 Å². The van der Waals surface area contributed by atoms with Crippen molar-refractivity contribution in [2.45, 2.75) is 44.4 Å². The van der Waals surface area contributed by atoms with Crippen LogP contribution in [0.15, 0.2) is 42.7 Å². The fourth-order valence-electron chi connectivity index (χ4n) is 3.19. The summed E-state index contributed by atoms with van der Waals surface area (Å²) >= 11 is 0. The number of pyridine rings is 1. The molecule has 0 bridgehead atoms. The Balaban J connectivity index is 1.94. The van der Waals surface area contributed by atoms with Gasteiger partial charge in [-0.15, -0.1) is 0 Å². The molecule has 1 aromatic carbocycles. The molecule has 2 nitrogen and oxygen atoms in total. The molecule has 3 rings (SSSR count). The van der Waals surface area contributed by atoms with Gasteiger partial charge in [-0.1, -0.05) is 24.3 Å². The van der Waals surface area contributed by atoms with Crippen LogP contribution in [-0.2, 0) is 24.7 Å². The zero-order valence-electron chi connectivity index (χ0n) is 12.5. The Bertz CT molecular complexity index is 670. The van der Waals surface area contributed by atoms with Crippen LogP contribution >= 0.6 is 0 Å². The van der Waals surface area contributed by atoms with E-state index in [0.29, 0.717) is 6.42 Å². The quantitative estimate of drug-likeness (QED) is 0.850. The van der Waals surface area contributed by atoms with Crippen molar-refractivity contribution in [2.24, 2.45) is 0 Å². The van der Waals surface area contributed by atoms with E-state index in [0.717, 1.165) is 17.5 Å². The summed E-state index contributed by atoms with van der Waals surface area (Å²) in [6.07, 6.45) is 9.22. The second kappa shape index (κ2) is 5.69. The van der Waals surface area contributed by atoms with Crippen molar-refractivity contribution in [3.05, 3.63) is 65.0 Å². The largest absolute Gasteiger partial charge is 0.264 e. The van der Waals surface area contributed by atoms with Gasteiger partial charge < -0.3 is 0 Å². The molecule has 0 amide bonds. The number of fused-ring (bicyclic) bond motifs is 1. The summed E-state index contributed by atoms with van der Waals surface area (Å²) in [5.74, 6) is 0. The summed E-state index contributed by atoms with van der Waals surface area (Å²) in [6, 6.07) is 13.1. The number of rotatable bonds is 3. The highest BCUT2D eigenvalue weighted by Crippen LogP contribution is 2.31. The molecule has 106 valence electrons. The lowest BCUT2D eigenvalue weighted by Gasteiger charge is -2.25. The van der Waals surface area contributed by atoms with Crippen molar-refractivity contribution < 1.29 is 0 Å². The Morgan fingerprint density at radius 1 is 1.19 bits per heavy atom. The molecule has 0 N–H and O–H groups in total. The molecule has 2 aromatic rings. The van der Waals surface area contributed by atoms with Crippen LogP contribution in [0.4, 0.5) is 0 Å². The molecule has 1 aliphatic rings. The summed E-state index contributed by atoms with van der Waals surface area (Å²) in [6.45, 7) is 2.03. The topological polar surface area (TPSA) is 36.7 Å². The number of nitrogens with zero attached hydrogens (tertiary/aromatic N) is 2. The molecule has 1 atom stereocenters. The first-order valence-corrected chi connectivity index (χ1v) is 7.64. The van der Waals surface area contributed by atoms with E-state index in [1.165, 1.54) is 30.4 Å². The number of hydrogen-bond acceptors (Lipinski definition) is 2. The number of aryl methyl sites for hydroxylation is 2. The van der Waals surface area contributed by atoms with Crippen LogP contribution in [0.1, 0.15) is 42.0 Å². The Labute approximate surface area is 126 Å². The minimum absolute atomic E-state index is 0.491. The Kier molecular flexibility index (Phi) is 3.75. The van der Waals surface area contributed by atoms with Gasteiger partial charge in [-0.25, -0.2) is 0 Å². The van der Waals surface area contributed by atoms with Gasteiger partial charge in [0.2, 0.25) is 0 Å². The molecule has 1 aliphatic carbocycles. The van der Waals surface area contributed by atoms with Gasteiger partial charge in [0.1, 0.15) is 0 Å². The molecule has 0 aliphatic heterocycles. The molecule has 0 fully saturated rings. The highest BCUT2D eigenvalue weighted by atomic mass is 14.6. The molecule has 0 saturated carbocycles. The van der Waals surface area contributed by atoms with Gasteiger partial charge >= 0.3 is 0 Å². The molecule has 0 radical (unpaired) electrons. The SMILES string of the molecule is CC(C#N)(Cc1cccnc1)c1ccc2c(c1)CCCC2. The van der Waals surface area contributed by atoms with E-state index >= 15 is 0 Å². The standard InChI is InChI=1S/C19H20N2/c1-19(14-20,12-15-5-4-10-21-13-15)18-9-8-16-6-2-3-7-17(16)11-18/h4-5,8-11,13H,2-3,6-7,12H2,1H3. The lowest BCUT2D eigenvalue weighted by atomic mass is 9.77.